The fraction of sp³-hybridized carbons (Fsp3) is 0.556. The lowest BCUT2D eigenvalue weighted by Gasteiger charge is -2.28. The van der Waals surface area contributed by atoms with Crippen molar-refractivity contribution < 1.29 is 22.8 Å². The Morgan fingerprint density at radius 3 is 2.93 bits per heavy atom. The number of nitrogens with one attached hydrogen (secondary N) is 1. The molecule has 28 heavy (non-hydrogen) atoms. The van der Waals surface area contributed by atoms with Gasteiger partial charge in [0.05, 0.1) is 15.2 Å². The monoisotopic (exact) mass is 490 g/mol. The largest absolute Gasteiger partial charge is 0.350 e. The Morgan fingerprint density at radius 2 is 2.25 bits per heavy atom. The van der Waals surface area contributed by atoms with Crippen molar-refractivity contribution in [2.24, 2.45) is 0 Å². The number of benzene rings is 1. The molecule has 0 radical (unpaired) electrons. The average molecular weight is 491 g/mol. The van der Waals surface area contributed by atoms with Crippen LogP contribution in [-0.4, -0.2) is 43.2 Å². The van der Waals surface area contributed by atoms with Crippen molar-refractivity contribution in [3.63, 3.8) is 0 Å². The summed E-state index contributed by atoms with van der Waals surface area (Å²) >= 11 is 4.92. The molecule has 0 bridgehead atoms. The SMILES string of the molecule is C[C@@](CCc1nc2ccc(Br)cc2s1)(C(=O)NOC1CCCCO1)S(C)(=O)=O. The second-order valence-electron chi connectivity index (χ2n) is 7.07. The minimum absolute atomic E-state index is 0.105. The predicted octanol–water partition coefficient (Wildman–Crippen LogP) is 3.37. The Morgan fingerprint density at radius 1 is 1.46 bits per heavy atom. The standard InChI is InChI=1S/C18H23BrN2O5S2/c1-18(28(2,23)24,17(22)21-26-16-5-3-4-10-25-16)9-8-15-20-13-7-6-12(19)11-14(13)27-15/h6-7,11,16H,3-5,8-10H2,1-2H3,(H,21,22)/t16?,18-/m1/s1. The molecule has 10 heteroatoms. The van der Waals surface area contributed by atoms with Gasteiger partial charge in [0.1, 0.15) is 4.75 Å². The van der Waals surface area contributed by atoms with E-state index in [4.69, 9.17) is 9.57 Å². The molecule has 1 amide bonds. The number of carbonyl (C=O) groups excluding carboxylic acids is 1. The normalized spacial score (nSPS) is 20.0. The van der Waals surface area contributed by atoms with Crippen LogP contribution in [0.15, 0.2) is 22.7 Å². The maximum atomic E-state index is 12.7. The molecular weight excluding hydrogens is 468 g/mol. The summed E-state index contributed by atoms with van der Waals surface area (Å²) in [5, 5.41) is 0.785. The van der Waals surface area contributed by atoms with Crippen LogP contribution < -0.4 is 5.48 Å². The quantitative estimate of drug-likeness (QED) is 0.597. The third-order valence-corrected chi connectivity index (χ3v) is 8.53. The number of fused-ring (bicyclic) bond motifs is 1. The number of rotatable bonds is 7. The molecular formula is C18H23BrN2O5S2. The van der Waals surface area contributed by atoms with Crippen molar-refractivity contribution >= 4 is 53.2 Å². The first-order chi connectivity index (χ1) is 13.2. The third kappa shape index (κ3) is 4.91. The Hall–Kier alpha value is -1.07. The molecule has 2 heterocycles. The summed E-state index contributed by atoms with van der Waals surface area (Å²) in [4.78, 5) is 22.5. The van der Waals surface area contributed by atoms with Gasteiger partial charge in [0, 0.05) is 30.2 Å². The number of aryl methyl sites for hydroxylation is 1. The van der Waals surface area contributed by atoms with Crippen LogP contribution >= 0.6 is 27.3 Å². The first-order valence-corrected chi connectivity index (χ1v) is 12.5. The zero-order chi connectivity index (χ0) is 20.4. The van der Waals surface area contributed by atoms with E-state index in [0.717, 1.165) is 38.8 Å². The topological polar surface area (TPSA) is 94.6 Å². The van der Waals surface area contributed by atoms with Crippen LogP contribution in [0.3, 0.4) is 0 Å². The number of sulfone groups is 1. The van der Waals surface area contributed by atoms with E-state index in [-0.39, 0.29) is 6.42 Å². The number of nitrogens with zero attached hydrogens (tertiary/aromatic N) is 1. The molecule has 1 aliphatic rings. The van der Waals surface area contributed by atoms with Gasteiger partial charge in [0.15, 0.2) is 16.1 Å². The zero-order valence-corrected chi connectivity index (χ0v) is 19.0. The predicted molar refractivity (Wildman–Crippen MR) is 112 cm³/mol. The fourth-order valence-corrected chi connectivity index (χ4v) is 5.27. The van der Waals surface area contributed by atoms with Crippen molar-refractivity contribution in [2.45, 2.75) is 50.1 Å². The van der Waals surface area contributed by atoms with Gasteiger partial charge in [-0.05, 0) is 44.4 Å². The van der Waals surface area contributed by atoms with Crippen molar-refractivity contribution in [3.8, 4) is 0 Å². The van der Waals surface area contributed by atoms with Gasteiger partial charge in [0.25, 0.3) is 5.91 Å². The van der Waals surface area contributed by atoms with Crippen molar-refractivity contribution in [2.75, 3.05) is 12.9 Å². The molecule has 2 aromatic rings. The number of carbonyl (C=O) groups is 1. The Labute approximate surface area is 176 Å². The molecule has 1 N–H and O–H groups in total. The van der Waals surface area contributed by atoms with Crippen LogP contribution in [0.2, 0.25) is 0 Å². The van der Waals surface area contributed by atoms with E-state index in [0.29, 0.717) is 19.4 Å². The van der Waals surface area contributed by atoms with Gasteiger partial charge in [0.2, 0.25) is 0 Å². The van der Waals surface area contributed by atoms with Gasteiger partial charge in [-0.3, -0.25) is 4.79 Å². The van der Waals surface area contributed by atoms with E-state index in [9.17, 15) is 13.2 Å². The lowest BCUT2D eigenvalue weighted by molar-refractivity contribution is -0.201. The lowest BCUT2D eigenvalue weighted by Crippen LogP contribution is -2.51. The Balaban J connectivity index is 1.70. The number of hydroxylamine groups is 1. The summed E-state index contributed by atoms with van der Waals surface area (Å²) in [5.41, 5.74) is 3.16. The average Bonchev–Trinajstić information content (AvgIpc) is 3.06. The zero-order valence-electron chi connectivity index (χ0n) is 15.7. The van der Waals surface area contributed by atoms with Gasteiger partial charge in [-0.15, -0.1) is 11.3 Å². The molecule has 154 valence electrons. The molecule has 0 aliphatic carbocycles. The summed E-state index contributed by atoms with van der Waals surface area (Å²) in [7, 11) is -3.69. The highest BCUT2D eigenvalue weighted by atomic mass is 79.9. The van der Waals surface area contributed by atoms with Crippen LogP contribution in [0.25, 0.3) is 10.2 Å². The summed E-state index contributed by atoms with van der Waals surface area (Å²) in [6, 6.07) is 5.78. The number of hydrogen-bond donors (Lipinski definition) is 1. The first-order valence-electron chi connectivity index (χ1n) is 9.01. The van der Waals surface area contributed by atoms with E-state index in [2.05, 4.69) is 26.4 Å². The Kier molecular flexibility index (Phi) is 6.76. The van der Waals surface area contributed by atoms with Gasteiger partial charge in [-0.1, -0.05) is 15.9 Å². The lowest BCUT2D eigenvalue weighted by atomic mass is 10.0. The highest BCUT2D eigenvalue weighted by Gasteiger charge is 2.44. The maximum Gasteiger partial charge on any atom is 0.264 e. The van der Waals surface area contributed by atoms with E-state index >= 15 is 0 Å². The van der Waals surface area contributed by atoms with Gasteiger partial charge < -0.3 is 4.74 Å². The molecule has 1 aliphatic heterocycles. The van der Waals surface area contributed by atoms with E-state index in [1.807, 2.05) is 18.2 Å². The third-order valence-electron chi connectivity index (χ3n) is 4.93. The molecule has 1 unspecified atom stereocenters. The minimum atomic E-state index is -3.69. The molecule has 0 spiro atoms. The van der Waals surface area contributed by atoms with Crippen LogP contribution in [-0.2, 0) is 30.6 Å². The second kappa shape index (κ2) is 8.74. The number of halogens is 1. The first kappa shape index (κ1) is 21.6. The molecule has 2 atom stereocenters. The number of amides is 1. The van der Waals surface area contributed by atoms with Crippen molar-refractivity contribution in [1.29, 1.82) is 0 Å². The van der Waals surface area contributed by atoms with Crippen molar-refractivity contribution in [3.05, 3.63) is 27.7 Å². The van der Waals surface area contributed by atoms with E-state index in [1.54, 1.807) is 0 Å². The second-order valence-corrected chi connectivity index (χ2v) is 11.5. The summed E-state index contributed by atoms with van der Waals surface area (Å²) in [6.07, 6.45) is 3.56. The number of hydrogen-bond acceptors (Lipinski definition) is 7. The summed E-state index contributed by atoms with van der Waals surface area (Å²) < 4.78 is 30.6. The van der Waals surface area contributed by atoms with E-state index in [1.165, 1.54) is 18.3 Å². The Bertz CT molecular complexity index is 956. The molecule has 1 saturated heterocycles. The molecule has 0 saturated carbocycles. The maximum absolute atomic E-state index is 12.7. The number of ether oxygens (including phenoxy) is 1. The van der Waals surface area contributed by atoms with Gasteiger partial charge >= 0.3 is 0 Å². The molecule has 1 fully saturated rings. The van der Waals surface area contributed by atoms with Gasteiger partial charge in [-0.25, -0.2) is 23.7 Å². The van der Waals surface area contributed by atoms with Crippen LogP contribution in [0.5, 0.6) is 0 Å². The highest BCUT2D eigenvalue weighted by Crippen LogP contribution is 2.29. The highest BCUT2D eigenvalue weighted by molar-refractivity contribution is 9.10. The summed E-state index contributed by atoms with van der Waals surface area (Å²) in [6.45, 7) is 1.99. The smallest absolute Gasteiger partial charge is 0.264 e. The van der Waals surface area contributed by atoms with Crippen LogP contribution in [0.4, 0.5) is 0 Å². The summed E-state index contributed by atoms with van der Waals surface area (Å²) in [5.74, 6) is -0.687. The molecule has 7 nitrogen and oxygen atoms in total. The van der Waals surface area contributed by atoms with E-state index < -0.39 is 26.8 Å². The molecule has 3 rings (SSSR count). The molecule has 1 aromatic heterocycles. The number of aromatic nitrogens is 1. The van der Waals surface area contributed by atoms with Crippen molar-refractivity contribution in [1.82, 2.24) is 10.5 Å². The molecule has 1 aromatic carbocycles. The van der Waals surface area contributed by atoms with Gasteiger partial charge in [-0.2, -0.15) is 0 Å². The van der Waals surface area contributed by atoms with Crippen LogP contribution in [0, 0.1) is 0 Å². The minimum Gasteiger partial charge on any atom is -0.350 e. The van der Waals surface area contributed by atoms with Crippen LogP contribution in [0.1, 0.15) is 37.6 Å². The number of thiazole rings is 1. The fourth-order valence-electron chi connectivity index (χ4n) is 2.90.